The van der Waals surface area contributed by atoms with E-state index < -0.39 is 21.8 Å². The van der Waals surface area contributed by atoms with Crippen LogP contribution >= 0.6 is 0 Å². The number of sulfonamides is 1. The second-order valence-electron chi connectivity index (χ2n) is 9.27. The lowest BCUT2D eigenvalue weighted by atomic mass is 10.1. The molecule has 8 nitrogen and oxygen atoms in total. The van der Waals surface area contributed by atoms with Crippen LogP contribution in [0.25, 0.3) is 0 Å². The Labute approximate surface area is 199 Å². The molecule has 1 atom stereocenters. The first kappa shape index (κ1) is 22.7. The van der Waals surface area contributed by atoms with E-state index in [1.807, 2.05) is 37.3 Å². The maximum Gasteiger partial charge on any atom is 0.244 e. The lowest BCUT2D eigenvalue weighted by Gasteiger charge is -2.32. The van der Waals surface area contributed by atoms with Crippen molar-refractivity contribution in [3.8, 4) is 0 Å². The second kappa shape index (κ2) is 8.63. The molecule has 3 amide bonds. The molecule has 178 valence electrons. The predicted molar refractivity (Wildman–Crippen MR) is 125 cm³/mol. The van der Waals surface area contributed by atoms with Crippen molar-refractivity contribution in [3.63, 3.8) is 0 Å². The molecule has 2 aliphatic heterocycles. The molecule has 0 aromatic heterocycles. The van der Waals surface area contributed by atoms with Gasteiger partial charge in [-0.05, 0) is 61.9 Å². The third-order valence-corrected chi connectivity index (χ3v) is 8.55. The molecule has 2 heterocycles. The van der Waals surface area contributed by atoms with Crippen LogP contribution in [0, 0.1) is 5.92 Å². The maximum absolute atomic E-state index is 13.3. The first-order valence-corrected chi connectivity index (χ1v) is 13.0. The summed E-state index contributed by atoms with van der Waals surface area (Å²) in [5.41, 5.74) is 2.54. The molecule has 9 heteroatoms. The highest BCUT2D eigenvalue weighted by Gasteiger charge is 2.41. The number of amides is 3. The Bertz CT molecular complexity index is 1240. The third kappa shape index (κ3) is 4.14. The normalized spacial score (nSPS) is 21.1. The molecule has 2 fully saturated rings. The number of hydrogen-bond acceptors (Lipinski definition) is 5. The summed E-state index contributed by atoms with van der Waals surface area (Å²) < 4.78 is 27.6. The topological polar surface area (TPSA) is 95.1 Å². The van der Waals surface area contributed by atoms with Crippen LogP contribution in [-0.2, 0) is 37.2 Å². The number of nitrogens with zero attached hydrogens (tertiary/aromatic N) is 3. The van der Waals surface area contributed by atoms with E-state index in [0.29, 0.717) is 12.8 Å². The average molecular weight is 482 g/mol. The van der Waals surface area contributed by atoms with Crippen LogP contribution in [0.3, 0.4) is 0 Å². The monoisotopic (exact) mass is 481 g/mol. The molecule has 1 unspecified atom stereocenters. The van der Waals surface area contributed by atoms with Gasteiger partial charge in [0.2, 0.25) is 27.7 Å². The van der Waals surface area contributed by atoms with Gasteiger partial charge in [-0.1, -0.05) is 30.3 Å². The molecule has 2 aromatic rings. The van der Waals surface area contributed by atoms with Gasteiger partial charge in [0.05, 0.1) is 18.0 Å². The minimum Gasteiger partial charge on any atom is -0.309 e. The van der Waals surface area contributed by atoms with Crippen molar-refractivity contribution in [2.75, 3.05) is 24.5 Å². The average Bonchev–Trinajstić information content (AvgIpc) is 3.60. The smallest absolute Gasteiger partial charge is 0.244 e. The number of imide groups is 1. The van der Waals surface area contributed by atoms with Crippen LogP contribution in [0.1, 0.15) is 30.9 Å². The van der Waals surface area contributed by atoms with Gasteiger partial charge in [0, 0.05) is 24.2 Å². The molecule has 0 bridgehead atoms. The summed E-state index contributed by atoms with van der Waals surface area (Å²) in [6.45, 7) is 1.43. The summed E-state index contributed by atoms with van der Waals surface area (Å²) in [6, 6.07) is 14.2. The molecular formula is C25H27N3O5S. The summed E-state index contributed by atoms with van der Waals surface area (Å²) in [6.07, 6.45) is 2.90. The Morgan fingerprint density at radius 2 is 1.68 bits per heavy atom. The van der Waals surface area contributed by atoms with Gasteiger partial charge in [-0.2, -0.15) is 4.31 Å². The molecule has 2 aromatic carbocycles. The second-order valence-corrected chi connectivity index (χ2v) is 11.2. The van der Waals surface area contributed by atoms with Crippen LogP contribution in [0.5, 0.6) is 0 Å². The van der Waals surface area contributed by atoms with Gasteiger partial charge in [-0.25, -0.2) is 8.42 Å². The molecule has 3 aliphatic rings. The van der Waals surface area contributed by atoms with E-state index in [-0.39, 0.29) is 42.4 Å². The summed E-state index contributed by atoms with van der Waals surface area (Å²) >= 11 is 0. The van der Waals surface area contributed by atoms with Gasteiger partial charge in [-0.3, -0.25) is 19.3 Å². The van der Waals surface area contributed by atoms with Crippen molar-refractivity contribution in [1.82, 2.24) is 9.21 Å². The highest BCUT2D eigenvalue weighted by Crippen LogP contribution is 2.39. The highest BCUT2D eigenvalue weighted by atomic mass is 32.2. The molecule has 5 rings (SSSR count). The number of piperazine rings is 1. The molecule has 0 radical (unpaired) electrons. The van der Waals surface area contributed by atoms with Gasteiger partial charge in [0.1, 0.15) is 0 Å². The molecule has 1 saturated carbocycles. The predicted octanol–water partition coefficient (Wildman–Crippen LogP) is 1.98. The number of benzene rings is 2. The van der Waals surface area contributed by atoms with E-state index in [1.165, 1.54) is 6.07 Å². The van der Waals surface area contributed by atoms with E-state index >= 15 is 0 Å². The van der Waals surface area contributed by atoms with E-state index in [2.05, 4.69) is 0 Å². The minimum atomic E-state index is -4.04. The van der Waals surface area contributed by atoms with Crippen molar-refractivity contribution in [3.05, 3.63) is 59.7 Å². The fraction of sp³-hybridized carbons (Fsp3) is 0.400. The minimum absolute atomic E-state index is 0.0302. The zero-order valence-electron chi connectivity index (χ0n) is 19.0. The number of carbonyl (C=O) groups is 3. The Morgan fingerprint density at radius 3 is 2.32 bits per heavy atom. The van der Waals surface area contributed by atoms with E-state index in [1.54, 1.807) is 17.0 Å². The lowest BCUT2D eigenvalue weighted by Crippen LogP contribution is -2.55. The van der Waals surface area contributed by atoms with Crippen LogP contribution < -0.4 is 4.90 Å². The molecule has 1 saturated heterocycles. The summed E-state index contributed by atoms with van der Waals surface area (Å²) in [7, 11) is -4.04. The van der Waals surface area contributed by atoms with Crippen molar-refractivity contribution in [1.29, 1.82) is 0 Å². The van der Waals surface area contributed by atoms with Gasteiger partial charge in [0.25, 0.3) is 0 Å². The number of hydrogen-bond donors (Lipinski definition) is 0. The van der Waals surface area contributed by atoms with Gasteiger partial charge in [0.15, 0.2) is 0 Å². The molecule has 0 N–H and O–H groups in total. The van der Waals surface area contributed by atoms with E-state index in [9.17, 15) is 22.8 Å². The summed E-state index contributed by atoms with van der Waals surface area (Å²) in [4.78, 5) is 41.0. The highest BCUT2D eigenvalue weighted by molar-refractivity contribution is 7.89. The van der Waals surface area contributed by atoms with Gasteiger partial charge >= 0.3 is 0 Å². The Kier molecular flexibility index (Phi) is 5.77. The maximum atomic E-state index is 13.3. The number of carbonyl (C=O) groups excluding carboxylic acids is 3. The van der Waals surface area contributed by atoms with E-state index in [0.717, 1.165) is 38.9 Å². The van der Waals surface area contributed by atoms with Crippen LogP contribution in [0.2, 0.25) is 0 Å². The molecule has 34 heavy (non-hydrogen) atoms. The first-order chi connectivity index (χ1) is 16.3. The number of rotatable bonds is 6. The Morgan fingerprint density at radius 1 is 1.00 bits per heavy atom. The Hall–Kier alpha value is -3.04. The van der Waals surface area contributed by atoms with Gasteiger partial charge < -0.3 is 4.90 Å². The van der Waals surface area contributed by atoms with Crippen molar-refractivity contribution in [2.45, 2.75) is 43.5 Å². The number of fused-ring (bicyclic) bond motifs is 1. The van der Waals surface area contributed by atoms with Crippen molar-refractivity contribution < 1.29 is 22.8 Å². The van der Waals surface area contributed by atoms with Crippen molar-refractivity contribution >= 4 is 33.4 Å². The SMILES string of the molecule is CC1Cc2cc(S(=O)(=O)N3CC(=O)N(CCc4ccccc4)C(=O)C3)ccc2N1C(=O)C1CC1. The quantitative estimate of drug-likeness (QED) is 0.588. The van der Waals surface area contributed by atoms with Crippen LogP contribution in [-0.4, -0.2) is 61.0 Å². The first-order valence-electron chi connectivity index (χ1n) is 11.6. The zero-order valence-corrected chi connectivity index (χ0v) is 19.8. The van der Waals surface area contributed by atoms with E-state index in [4.69, 9.17) is 0 Å². The summed E-state index contributed by atoms with van der Waals surface area (Å²) in [5.74, 6) is -0.866. The molecular weight excluding hydrogens is 454 g/mol. The lowest BCUT2D eigenvalue weighted by molar-refractivity contribution is -0.149. The fourth-order valence-electron chi connectivity index (χ4n) is 4.75. The Balaban J connectivity index is 1.31. The molecule has 1 aliphatic carbocycles. The third-order valence-electron chi connectivity index (χ3n) is 6.76. The standard InChI is InChI=1S/C25H27N3O5S/c1-17-13-20-14-21(9-10-22(20)28(17)25(31)19-7-8-19)34(32,33)26-15-23(29)27(24(30)16-26)12-11-18-5-3-2-4-6-18/h2-6,9-10,14,17,19H,7-8,11-13,15-16H2,1H3. The summed E-state index contributed by atoms with van der Waals surface area (Å²) in [5, 5.41) is 0. The van der Waals surface area contributed by atoms with Gasteiger partial charge in [-0.15, -0.1) is 0 Å². The fourth-order valence-corrected chi connectivity index (χ4v) is 6.14. The largest absolute Gasteiger partial charge is 0.309 e. The molecule has 0 spiro atoms. The van der Waals surface area contributed by atoms with Crippen LogP contribution in [0.15, 0.2) is 53.4 Å². The van der Waals surface area contributed by atoms with Crippen LogP contribution in [0.4, 0.5) is 5.69 Å². The number of anilines is 1. The zero-order chi connectivity index (χ0) is 24.0. The van der Waals surface area contributed by atoms with Crippen molar-refractivity contribution in [2.24, 2.45) is 5.92 Å².